The van der Waals surface area contributed by atoms with E-state index in [1.54, 1.807) is 0 Å². The van der Waals surface area contributed by atoms with Gasteiger partial charge < -0.3 is 19.6 Å². The Hall–Kier alpha value is -0.160. The van der Waals surface area contributed by atoms with Gasteiger partial charge >= 0.3 is 0 Å². The molecule has 0 aliphatic carbocycles. The van der Waals surface area contributed by atoms with Gasteiger partial charge in [-0.2, -0.15) is 0 Å². The molecular formula is C13H26N2O2. The Balaban J connectivity index is 1.71. The largest absolute Gasteiger partial charge is 0.396 e. The van der Waals surface area contributed by atoms with Crippen LogP contribution in [0.2, 0.25) is 0 Å². The SMILES string of the molecule is CN1CCC(CN(C)CC2(CO)COC2)CC1. The van der Waals surface area contributed by atoms with Crippen molar-refractivity contribution in [3.05, 3.63) is 0 Å². The third-order valence-electron chi connectivity index (χ3n) is 4.17. The maximum atomic E-state index is 9.41. The number of nitrogens with zero attached hydrogens (tertiary/aromatic N) is 2. The van der Waals surface area contributed by atoms with Crippen molar-refractivity contribution in [3.63, 3.8) is 0 Å². The van der Waals surface area contributed by atoms with Crippen LogP contribution in [0.3, 0.4) is 0 Å². The summed E-state index contributed by atoms with van der Waals surface area (Å²) in [7, 11) is 4.38. The predicted molar refractivity (Wildman–Crippen MR) is 68.1 cm³/mol. The Morgan fingerprint density at radius 3 is 2.47 bits per heavy atom. The van der Waals surface area contributed by atoms with Crippen molar-refractivity contribution >= 4 is 0 Å². The maximum Gasteiger partial charge on any atom is 0.0579 e. The number of piperidine rings is 1. The molecule has 2 fully saturated rings. The molecule has 1 N–H and O–H groups in total. The lowest BCUT2D eigenvalue weighted by Gasteiger charge is -2.43. The average molecular weight is 242 g/mol. The molecule has 0 aromatic rings. The number of aliphatic hydroxyl groups is 1. The summed E-state index contributed by atoms with van der Waals surface area (Å²) < 4.78 is 5.24. The summed E-state index contributed by atoms with van der Waals surface area (Å²) >= 11 is 0. The van der Waals surface area contributed by atoms with E-state index >= 15 is 0 Å². The van der Waals surface area contributed by atoms with Gasteiger partial charge in [0.1, 0.15) is 0 Å². The molecule has 17 heavy (non-hydrogen) atoms. The van der Waals surface area contributed by atoms with Crippen molar-refractivity contribution in [2.24, 2.45) is 11.3 Å². The van der Waals surface area contributed by atoms with Gasteiger partial charge in [-0.15, -0.1) is 0 Å². The molecule has 2 rings (SSSR count). The lowest BCUT2D eigenvalue weighted by Crippen LogP contribution is -2.53. The Morgan fingerprint density at radius 1 is 1.35 bits per heavy atom. The summed E-state index contributed by atoms with van der Waals surface area (Å²) in [5.74, 6) is 0.827. The van der Waals surface area contributed by atoms with E-state index in [2.05, 4.69) is 23.9 Å². The molecule has 0 bridgehead atoms. The molecule has 100 valence electrons. The van der Waals surface area contributed by atoms with E-state index in [0.29, 0.717) is 0 Å². The first-order valence-electron chi connectivity index (χ1n) is 6.69. The molecule has 0 saturated carbocycles. The zero-order chi connectivity index (χ0) is 12.3. The second kappa shape index (κ2) is 5.65. The quantitative estimate of drug-likeness (QED) is 0.751. The minimum absolute atomic E-state index is 0.0280. The van der Waals surface area contributed by atoms with Crippen LogP contribution in [0.5, 0.6) is 0 Å². The minimum Gasteiger partial charge on any atom is -0.396 e. The van der Waals surface area contributed by atoms with Gasteiger partial charge in [0.2, 0.25) is 0 Å². The van der Waals surface area contributed by atoms with Crippen LogP contribution in [0.25, 0.3) is 0 Å². The Bertz CT molecular complexity index is 230. The lowest BCUT2D eigenvalue weighted by atomic mass is 9.86. The van der Waals surface area contributed by atoms with E-state index in [-0.39, 0.29) is 12.0 Å². The molecule has 0 spiro atoms. The molecule has 2 heterocycles. The van der Waals surface area contributed by atoms with E-state index in [0.717, 1.165) is 32.2 Å². The van der Waals surface area contributed by atoms with Crippen LogP contribution >= 0.6 is 0 Å². The van der Waals surface area contributed by atoms with Crippen LogP contribution in [0.15, 0.2) is 0 Å². The lowest BCUT2D eigenvalue weighted by molar-refractivity contribution is -0.147. The molecule has 2 saturated heterocycles. The Kier molecular flexibility index (Phi) is 4.42. The van der Waals surface area contributed by atoms with Crippen molar-refractivity contribution < 1.29 is 9.84 Å². The molecule has 0 aromatic heterocycles. The summed E-state index contributed by atoms with van der Waals surface area (Å²) in [5.41, 5.74) is 0.0280. The number of hydrogen-bond acceptors (Lipinski definition) is 4. The Morgan fingerprint density at radius 2 is 2.00 bits per heavy atom. The molecule has 0 amide bonds. The van der Waals surface area contributed by atoms with E-state index < -0.39 is 0 Å². The van der Waals surface area contributed by atoms with Gasteiger partial charge in [-0.1, -0.05) is 0 Å². The van der Waals surface area contributed by atoms with Gasteiger partial charge in [-0.25, -0.2) is 0 Å². The minimum atomic E-state index is 0.0280. The third-order valence-corrected chi connectivity index (χ3v) is 4.17. The third kappa shape index (κ3) is 3.41. The van der Waals surface area contributed by atoms with E-state index in [9.17, 15) is 5.11 Å². The summed E-state index contributed by atoms with van der Waals surface area (Å²) in [5, 5.41) is 9.41. The van der Waals surface area contributed by atoms with E-state index in [4.69, 9.17) is 4.74 Å². The van der Waals surface area contributed by atoms with Crippen LogP contribution in [0.4, 0.5) is 0 Å². The maximum absolute atomic E-state index is 9.41. The number of ether oxygens (including phenoxy) is 1. The van der Waals surface area contributed by atoms with Crippen LogP contribution in [0, 0.1) is 11.3 Å². The van der Waals surface area contributed by atoms with Gasteiger partial charge in [0.05, 0.1) is 25.2 Å². The second-order valence-corrected chi connectivity index (χ2v) is 6.09. The number of rotatable bonds is 5. The summed E-state index contributed by atoms with van der Waals surface area (Å²) in [6, 6.07) is 0. The fraction of sp³-hybridized carbons (Fsp3) is 1.00. The fourth-order valence-corrected chi connectivity index (χ4v) is 2.95. The predicted octanol–water partition coefficient (Wildman–Crippen LogP) is 0.269. The van der Waals surface area contributed by atoms with E-state index in [1.165, 1.54) is 25.9 Å². The van der Waals surface area contributed by atoms with Crippen LogP contribution in [0.1, 0.15) is 12.8 Å². The number of hydrogen-bond donors (Lipinski definition) is 1. The van der Waals surface area contributed by atoms with Gasteiger partial charge in [0, 0.05) is 13.1 Å². The monoisotopic (exact) mass is 242 g/mol. The molecule has 2 aliphatic heterocycles. The normalized spacial score (nSPS) is 26.1. The zero-order valence-electron chi connectivity index (χ0n) is 11.2. The molecule has 4 nitrogen and oxygen atoms in total. The van der Waals surface area contributed by atoms with E-state index in [1.807, 2.05) is 0 Å². The molecular weight excluding hydrogens is 216 g/mol. The number of likely N-dealkylation sites (tertiary alicyclic amines) is 1. The molecule has 2 aliphatic rings. The van der Waals surface area contributed by atoms with Crippen molar-refractivity contribution in [2.45, 2.75) is 12.8 Å². The fourth-order valence-electron chi connectivity index (χ4n) is 2.95. The van der Waals surface area contributed by atoms with Crippen molar-refractivity contribution in [1.29, 1.82) is 0 Å². The van der Waals surface area contributed by atoms with Gasteiger partial charge in [-0.3, -0.25) is 0 Å². The van der Waals surface area contributed by atoms with Crippen LogP contribution in [-0.4, -0.2) is 75.0 Å². The zero-order valence-corrected chi connectivity index (χ0v) is 11.2. The molecule has 0 atom stereocenters. The summed E-state index contributed by atoms with van der Waals surface area (Å²) in [6.45, 7) is 6.29. The smallest absolute Gasteiger partial charge is 0.0579 e. The van der Waals surface area contributed by atoms with Gasteiger partial charge in [-0.05, 0) is 45.9 Å². The van der Waals surface area contributed by atoms with Crippen molar-refractivity contribution in [3.8, 4) is 0 Å². The van der Waals surface area contributed by atoms with Gasteiger partial charge in [0.15, 0.2) is 0 Å². The number of aliphatic hydroxyl groups excluding tert-OH is 1. The average Bonchev–Trinajstić information content (AvgIpc) is 2.27. The first kappa shape index (κ1) is 13.3. The second-order valence-electron chi connectivity index (χ2n) is 6.09. The highest BCUT2D eigenvalue weighted by atomic mass is 16.5. The summed E-state index contributed by atoms with van der Waals surface area (Å²) in [6.07, 6.45) is 2.62. The molecule has 4 heteroatoms. The van der Waals surface area contributed by atoms with Crippen LogP contribution < -0.4 is 0 Å². The molecule has 0 unspecified atom stereocenters. The summed E-state index contributed by atoms with van der Waals surface area (Å²) in [4.78, 5) is 4.79. The first-order chi connectivity index (χ1) is 8.13. The Labute approximate surface area is 105 Å². The molecule has 0 aromatic carbocycles. The standard InChI is InChI=1S/C13H26N2O2/c1-14-5-3-12(4-6-14)7-15(2)8-13(9-16)10-17-11-13/h12,16H,3-11H2,1-2H3. The first-order valence-corrected chi connectivity index (χ1v) is 6.69. The molecule has 0 radical (unpaired) electrons. The highest BCUT2D eigenvalue weighted by Gasteiger charge is 2.39. The highest BCUT2D eigenvalue weighted by Crippen LogP contribution is 2.28. The topological polar surface area (TPSA) is 35.9 Å². The van der Waals surface area contributed by atoms with Crippen LogP contribution in [-0.2, 0) is 4.74 Å². The van der Waals surface area contributed by atoms with Crippen molar-refractivity contribution in [1.82, 2.24) is 9.80 Å². The highest BCUT2D eigenvalue weighted by molar-refractivity contribution is 4.88. The van der Waals surface area contributed by atoms with Gasteiger partial charge in [0.25, 0.3) is 0 Å². The van der Waals surface area contributed by atoms with Crippen molar-refractivity contribution in [2.75, 3.05) is 60.1 Å².